The summed E-state index contributed by atoms with van der Waals surface area (Å²) >= 11 is 12.1. The van der Waals surface area contributed by atoms with E-state index in [0.717, 1.165) is 5.56 Å². The molecule has 1 atom stereocenters. The molecular formula is C23H21Cl2N3O4. The molecule has 2 N–H and O–H groups in total. The number of hydrogen-bond donors (Lipinski definition) is 2. The van der Waals surface area contributed by atoms with Crippen molar-refractivity contribution >= 4 is 41.4 Å². The maximum atomic E-state index is 12.4. The van der Waals surface area contributed by atoms with Crippen molar-refractivity contribution in [2.75, 3.05) is 6.61 Å². The number of alkyl carbamates (subject to hydrolysis) is 1. The first-order valence-electron chi connectivity index (χ1n) is 9.81. The number of furan rings is 1. The van der Waals surface area contributed by atoms with Crippen molar-refractivity contribution in [2.24, 2.45) is 5.10 Å². The molecule has 0 radical (unpaired) electrons. The minimum atomic E-state index is -0.596. The van der Waals surface area contributed by atoms with Gasteiger partial charge in [0.25, 0.3) is 0 Å². The van der Waals surface area contributed by atoms with Crippen molar-refractivity contribution in [2.45, 2.75) is 19.4 Å². The number of benzene rings is 2. The van der Waals surface area contributed by atoms with Gasteiger partial charge in [-0.1, -0.05) is 53.5 Å². The summed E-state index contributed by atoms with van der Waals surface area (Å²) in [6.07, 6.45) is 0.757. The van der Waals surface area contributed by atoms with E-state index in [1.807, 2.05) is 30.3 Å². The van der Waals surface area contributed by atoms with Crippen LogP contribution in [0.15, 0.2) is 70.2 Å². The zero-order chi connectivity index (χ0) is 22.9. The first-order chi connectivity index (χ1) is 15.5. The van der Waals surface area contributed by atoms with E-state index in [-0.39, 0.29) is 18.9 Å². The van der Waals surface area contributed by atoms with Gasteiger partial charge < -0.3 is 14.5 Å². The van der Waals surface area contributed by atoms with Crippen LogP contribution in [-0.4, -0.2) is 24.8 Å². The van der Waals surface area contributed by atoms with Crippen molar-refractivity contribution < 1.29 is 18.7 Å². The minimum absolute atomic E-state index is 0.0239. The molecule has 0 aliphatic heterocycles. The Morgan fingerprint density at radius 2 is 1.91 bits per heavy atom. The van der Waals surface area contributed by atoms with Gasteiger partial charge >= 0.3 is 6.09 Å². The van der Waals surface area contributed by atoms with Crippen LogP contribution >= 0.6 is 23.2 Å². The largest absolute Gasteiger partial charge is 0.455 e. The molecule has 1 heterocycles. The second-order valence-corrected chi connectivity index (χ2v) is 7.50. The molecule has 0 bridgehead atoms. The molecule has 0 saturated carbocycles. The summed E-state index contributed by atoms with van der Waals surface area (Å²) in [5.41, 5.74) is 3.90. The molecule has 0 spiro atoms. The number of rotatable bonds is 8. The number of nitrogens with one attached hydrogen (secondary N) is 2. The Balaban J connectivity index is 1.61. The first kappa shape index (κ1) is 23.4. The second-order valence-electron chi connectivity index (χ2n) is 6.65. The third-order valence-corrected chi connectivity index (χ3v) is 4.91. The molecule has 2 aromatic carbocycles. The van der Waals surface area contributed by atoms with Gasteiger partial charge in [0.2, 0.25) is 5.91 Å². The van der Waals surface area contributed by atoms with Gasteiger partial charge in [0, 0.05) is 10.6 Å². The monoisotopic (exact) mass is 473 g/mol. The van der Waals surface area contributed by atoms with Gasteiger partial charge in [-0.15, -0.1) is 0 Å². The van der Waals surface area contributed by atoms with Crippen molar-refractivity contribution in [3.63, 3.8) is 0 Å². The molecule has 32 heavy (non-hydrogen) atoms. The summed E-state index contributed by atoms with van der Waals surface area (Å²) in [4.78, 5) is 24.2. The summed E-state index contributed by atoms with van der Waals surface area (Å²) in [6, 6.07) is 17.1. The lowest BCUT2D eigenvalue weighted by atomic mass is 10.0. The molecule has 0 unspecified atom stereocenters. The molecule has 0 saturated heterocycles. The van der Waals surface area contributed by atoms with E-state index in [0.29, 0.717) is 27.1 Å². The third kappa shape index (κ3) is 6.60. The lowest BCUT2D eigenvalue weighted by Gasteiger charge is -2.17. The predicted octanol–water partition coefficient (Wildman–Crippen LogP) is 5.58. The average Bonchev–Trinajstić information content (AvgIpc) is 3.22. The van der Waals surface area contributed by atoms with E-state index in [1.165, 1.54) is 6.21 Å². The van der Waals surface area contributed by atoms with E-state index in [4.69, 9.17) is 32.4 Å². The number of carbonyl (C=O) groups is 2. The summed E-state index contributed by atoms with van der Waals surface area (Å²) in [5, 5.41) is 7.61. The Bertz CT molecular complexity index is 1100. The molecule has 3 rings (SSSR count). The molecule has 0 aliphatic carbocycles. The van der Waals surface area contributed by atoms with Crippen molar-refractivity contribution in [3.8, 4) is 11.3 Å². The molecule has 9 heteroatoms. The van der Waals surface area contributed by atoms with Crippen LogP contribution in [0.1, 0.15) is 30.7 Å². The van der Waals surface area contributed by atoms with Gasteiger partial charge in [-0.25, -0.2) is 10.2 Å². The predicted molar refractivity (Wildman–Crippen MR) is 124 cm³/mol. The highest BCUT2D eigenvalue weighted by atomic mass is 35.5. The number of ether oxygens (including phenoxy) is 1. The van der Waals surface area contributed by atoms with Crippen LogP contribution in [0, 0.1) is 0 Å². The summed E-state index contributed by atoms with van der Waals surface area (Å²) in [5.74, 6) is 0.581. The van der Waals surface area contributed by atoms with Crippen molar-refractivity contribution in [3.05, 3.63) is 82.0 Å². The fourth-order valence-corrected chi connectivity index (χ4v) is 3.41. The highest BCUT2D eigenvalue weighted by Gasteiger charge is 2.19. The molecule has 3 aromatic rings. The number of halogens is 2. The Labute approximate surface area is 195 Å². The number of nitrogens with zero attached hydrogens (tertiary/aromatic N) is 1. The van der Waals surface area contributed by atoms with E-state index < -0.39 is 12.1 Å². The quantitative estimate of drug-likeness (QED) is 0.329. The van der Waals surface area contributed by atoms with Crippen LogP contribution in [0.2, 0.25) is 10.0 Å². The molecule has 0 aliphatic rings. The minimum Gasteiger partial charge on any atom is -0.455 e. The Morgan fingerprint density at radius 1 is 1.12 bits per heavy atom. The van der Waals surface area contributed by atoms with Crippen LogP contribution < -0.4 is 10.7 Å². The van der Waals surface area contributed by atoms with Crippen molar-refractivity contribution in [1.29, 1.82) is 0 Å². The lowest BCUT2D eigenvalue weighted by molar-refractivity contribution is -0.121. The van der Waals surface area contributed by atoms with E-state index in [1.54, 1.807) is 37.3 Å². The zero-order valence-electron chi connectivity index (χ0n) is 17.2. The van der Waals surface area contributed by atoms with Gasteiger partial charge in [0.15, 0.2) is 0 Å². The summed E-state index contributed by atoms with van der Waals surface area (Å²) in [7, 11) is 0. The fourth-order valence-electron chi connectivity index (χ4n) is 2.91. The lowest BCUT2D eigenvalue weighted by Crippen LogP contribution is -2.33. The SMILES string of the molecule is CCOC(=O)N[C@H](CC(=O)N/N=C\c1ccc(-c2ccc(Cl)cc2Cl)o1)c1ccccc1. The highest BCUT2D eigenvalue weighted by molar-refractivity contribution is 6.36. The maximum Gasteiger partial charge on any atom is 0.407 e. The number of carbonyl (C=O) groups excluding carboxylic acids is 2. The molecule has 7 nitrogen and oxygen atoms in total. The van der Waals surface area contributed by atoms with Gasteiger partial charge in [-0.2, -0.15) is 5.10 Å². The van der Waals surface area contributed by atoms with Crippen LogP contribution in [0.5, 0.6) is 0 Å². The topological polar surface area (TPSA) is 92.9 Å². The molecular weight excluding hydrogens is 453 g/mol. The van der Waals surface area contributed by atoms with E-state index in [2.05, 4.69) is 15.8 Å². The Hall–Kier alpha value is -3.29. The molecule has 0 fully saturated rings. The van der Waals surface area contributed by atoms with Gasteiger partial charge in [-0.3, -0.25) is 4.79 Å². The standard InChI is InChI=1S/C23H21Cl2N3O4/c1-2-31-23(30)27-20(15-6-4-3-5-7-15)13-22(29)28-26-14-17-9-11-21(32-17)18-10-8-16(24)12-19(18)25/h3-12,14,20H,2,13H2,1H3,(H,27,30)(H,28,29)/b26-14-/t20-/m1/s1. The molecule has 2 amide bonds. The molecule has 1 aromatic heterocycles. The Kier molecular flexibility index (Phi) is 8.30. The number of hydrogen-bond acceptors (Lipinski definition) is 5. The van der Waals surface area contributed by atoms with Crippen LogP contribution in [0.3, 0.4) is 0 Å². The normalized spacial score (nSPS) is 11.8. The summed E-state index contributed by atoms with van der Waals surface area (Å²) < 4.78 is 10.6. The van der Waals surface area contributed by atoms with Gasteiger partial charge in [-0.05, 0) is 42.8 Å². The average molecular weight is 474 g/mol. The van der Waals surface area contributed by atoms with E-state index in [9.17, 15) is 9.59 Å². The smallest absolute Gasteiger partial charge is 0.407 e. The van der Waals surface area contributed by atoms with Crippen LogP contribution in [-0.2, 0) is 9.53 Å². The van der Waals surface area contributed by atoms with Crippen LogP contribution in [0.4, 0.5) is 4.79 Å². The van der Waals surface area contributed by atoms with E-state index >= 15 is 0 Å². The number of hydrazone groups is 1. The summed E-state index contributed by atoms with van der Waals surface area (Å²) in [6.45, 7) is 1.94. The highest BCUT2D eigenvalue weighted by Crippen LogP contribution is 2.31. The fraction of sp³-hybridized carbons (Fsp3) is 0.174. The van der Waals surface area contributed by atoms with Crippen LogP contribution in [0.25, 0.3) is 11.3 Å². The third-order valence-electron chi connectivity index (χ3n) is 4.36. The van der Waals surface area contributed by atoms with Gasteiger partial charge in [0.05, 0.1) is 30.3 Å². The van der Waals surface area contributed by atoms with Crippen molar-refractivity contribution in [1.82, 2.24) is 10.7 Å². The second kappa shape index (κ2) is 11.4. The number of amides is 2. The molecule has 166 valence electrons. The Morgan fingerprint density at radius 3 is 2.62 bits per heavy atom. The first-order valence-corrected chi connectivity index (χ1v) is 10.6. The zero-order valence-corrected chi connectivity index (χ0v) is 18.7. The van der Waals surface area contributed by atoms with Gasteiger partial charge in [0.1, 0.15) is 11.5 Å². The maximum absolute atomic E-state index is 12.4.